The van der Waals surface area contributed by atoms with Gasteiger partial charge in [0.15, 0.2) is 5.76 Å². The molecule has 8 nitrogen and oxygen atoms in total. The fraction of sp³-hybridized carbons (Fsp3) is 0.529. The van der Waals surface area contributed by atoms with E-state index in [0.29, 0.717) is 6.54 Å². The Balaban J connectivity index is 1.60. The van der Waals surface area contributed by atoms with Crippen LogP contribution in [0.25, 0.3) is 0 Å². The highest BCUT2D eigenvalue weighted by molar-refractivity contribution is 5.25. The van der Waals surface area contributed by atoms with Crippen LogP contribution in [0.3, 0.4) is 0 Å². The van der Waals surface area contributed by atoms with Crippen molar-refractivity contribution in [1.29, 1.82) is 0 Å². The maximum absolute atomic E-state index is 11.7. The molecule has 25 heavy (non-hydrogen) atoms. The second-order valence-corrected chi connectivity index (χ2v) is 6.36. The van der Waals surface area contributed by atoms with Gasteiger partial charge in [-0.3, -0.25) is 14.6 Å². The van der Waals surface area contributed by atoms with E-state index in [9.17, 15) is 9.90 Å². The number of hydrogen-bond donors (Lipinski definition) is 2. The average molecular weight is 349 g/mol. The Morgan fingerprint density at radius 1 is 1.16 bits per heavy atom. The van der Waals surface area contributed by atoms with E-state index < -0.39 is 5.43 Å². The van der Waals surface area contributed by atoms with Crippen molar-refractivity contribution in [3.05, 3.63) is 44.8 Å². The summed E-state index contributed by atoms with van der Waals surface area (Å²) >= 11 is 0. The van der Waals surface area contributed by atoms with Crippen molar-refractivity contribution in [3.63, 3.8) is 0 Å². The van der Waals surface area contributed by atoms with E-state index in [1.54, 1.807) is 0 Å². The largest absolute Gasteiger partial charge is 0.502 e. The normalized spacial score (nSPS) is 16.4. The molecule has 8 heteroatoms. The lowest BCUT2D eigenvalue weighted by molar-refractivity contribution is 0.111. The van der Waals surface area contributed by atoms with Crippen molar-refractivity contribution in [2.24, 2.45) is 0 Å². The molecule has 1 aliphatic heterocycles. The van der Waals surface area contributed by atoms with E-state index in [2.05, 4.69) is 15.0 Å². The van der Waals surface area contributed by atoms with Gasteiger partial charge in [0, 0.05) is 44.4 Å². The minimum atomic E-state index is -0.526. The van der Waals surface area contributed by atoms with E-state index in [4.69, 9.17) is 14.0 Å². The summed E-state index contributed by atoms with van der Waals surface area (Å²) in [6.45, 7) is 7.93. The molecule has 0 radical (unpaired) electrons. The van der Waals surface area contributed by atoms with E-state index in [0.717, 1.165) is 55.8 Å². The van der Waals surface area contributed by atoms with Gasteiger partial charge in [-0.1, -0.05) is 5.16 Å². The van der Waals surface area contributed by atoms with Gasteiger partial charge in [0.05, 0.1) is 12.2 Å². The van der Waals surface area contributed by atoms with Gasteiger partial charge in [0.2, 0.25) is 11.2 Å². The summed E-state index contributed by atoms with van der Waals surface area (Å²) in [7, 11) is 0. The fourth-order valence-electron chi connectivity index (χ4n) is 3.03. The topological polar surface area (TPSA) is 103 Å². The lowest BCUT2D eigenvalue weighted by Crippen LogP contribution is -2.45. The van der Waals surface area contributed by atoms with Crippen LogP contribution in [0.5, 0.6) is 5.75 Å². The molecule has 3 rings (SSSR count). The van der Waals surface area contributed by atoms with Crippen LogP contribution in [-0.2, 0) is 19.7 Å². The summed E-state index contributed by atoms with van der Waals surface area (Å²) in [5.41, 5.74) is 1.53. The third kappa shape index (κ3) is 3.92. The number of aromatic nitrogens is 1. The molecule has 1 fully saturated rings. The number of aliphatic hydroxyl groups excluding tert-OH is 1. The summed E-state index contributed by atoms with van der Waals surface area (Å²) in [4.78, 5) is 16.1. The van der Waals surface area contributed by atoms with Gasteiger partial charge in [0.1, 0.15) is 18.1 Å². The molecule has 1 saturated heterocycles. The van der Waals surface area contributed by atoms with Gasteiger partial charge in [-0.25, -0.2) is 0 Å². The Morgan fingerprint density at radius 3 is 2.36 bits per heavy atom. The van der Waals surface area contributed by atoms with Gasteiger partial charge >= 0.3 is 0 Å². The lowest BCUT2D eigenvalue weighted by atomic mass is 10.1. The van der Waals surface area contributed by atoms with Crippen LogP contribution < -0.4 is 5.43 Å². The van der Waals surface area contributed by atoms with Gasteiger partial charge in [-0.2, -0.15) is 0 Å². The van der Waals surface area contributed by atoms with Crippen molar-refractivity contribution in [2.45, 2.75) is 33.5 Å². The Hall–Kier alpha value is -2.16. The van der Waals surface area contributed by atoms with Crippen LogP contribution in [0.2, 0.25) is 0 Å². The van der Waals surface area contributed by atoms with Crippen molar-refractivity contribution >= 4 is 0 Å². The number of hydrogen-bond acceptors (Lipinski definition) is 8. The highest BCUT2D eigenvalue weighted by Gasteiger charge is 2.22. The molecule has 0 amide bonds. The molecule has 3 heterocycles. The first-order chi connectivity index (χ1) is 12.0. The molecule has 2 aromatic rings. The van der Waals surface area contributed by atoms with Crippen molar-refractivity contribution < 1.29 is 19.2 Å². The zero-order valence-corrected chi connectivity index (χ0v) is 14.5. The van der Waals surface area contributed by atoms with Crippen molar-refractivity contribution in [3.8, 4) is 5.75 Å². The van der Waals surface area contributed by atoms with Crippen LogP contribution in [-0.4, -0.2) is 51.3 Å². The number of aliphatic hydroxyl groups is 1. The molecular formula is C17H23N3O5. The zero-order valence-electron chi connectivity index (χ0n) is 14.5. The van der Waals surface area contributed by atoms with Gasteiger partial charge in [-0.05, 0) is 13.8 Å². The van der Waals surface area contributed by atoms with E-state index >= 15 is 0 Å². The first-order valence-corrected chi connectivity index (χ1v) is 8.30. The standard InChI is InChI=1S/C17H23N3O5/c1-11-14(12(2)25-18-11)8-19-3-5-20(6-4-19)9-16-17(23)15(22)7-13(10-21)24-16/h7,21,23H,3-6,8-10H2,1-2H3. The Bertz CT molecular complexity index is 771. The summed E-state index contributed by atoms with van der Waals surface area (Å²) in [5, 5.41) is 23.0. The third-order valence-electron chi connectivity index (χ3n) is 4.59. The molecule has 0 aromatic carbocycles. The molecule has 136 valence electrons. The summed E-state index contributed by atoms with van der Waals surface area (Å²) in [6.07, 6.45) is 0. The van der Waals surface area contributed by atoms with Crippen LogP contribution in [0.15, 0.2) is 19.8 Å². The molecule has 0 atom stereocenters. The minimum absolute atomic E-state index is 0.162. The van der Waals surface area contributed by atoms with Crippen LogP contribution in [0, 0.1) is 13.8 Å². The quantitative estimate of drug-likeness (QED) is 0.815. The first kappa shape index (κ1) is 17.7. The summed E-state index contributed by atoms with van der Waals surface area (Å²) in [5.74, 6) is 0.841. The molecule has 0 saturated carbocycles. The highest BCUT2D eigenvalue weighted by atomic mass is 16.5. The number of rotatable bonds is 5. The van der Waals surface area contributed by atoms with Crippen LogP contribution in [0.1, 0.15) is 28.5 Å². The smallest absolute Gasteiger partial charge is 0.227 e. The number of aromatic hydroxyl groups is 1. The summed E-state index contributed by atoms with van der Waals surface area (Å²) < 4.78 is 10.6. The molecule has 0 spiro atoms. The molecule has 1 aliphatic rings. The molecular weight excluding hydrogens is 326 g/mol. The minimum Gasteiger partial charge on any atom is -0.502 e. The van der Waals surface area contributed by atoms with E-state index in [1.165, 1.54) is 0 Å². The Morgan fingerprint density at radius 2 is 1.80 bits per heavy atom. The second kappa shape index (κ2) is 7.38. The van der Waals surface area contributed by atoms with Crippen LogP contribution >= 0.6 is 0 Å². The van der Waals surface area contributed by atoms with E-state index in [1.807, 2.05) is 13.8 Å². The predicted molar refractivity (Wildman–Crippen MR) is 89.1 cm³/mol. The van der Waals surface area contributed by atoms with Crippen molar-refractivity contribution in [2.75, 3.05) is 26.2 Å². The SMILES string of the molecule is Cc1noc(C)c1CN1CCN(Cc2oc(CO)cc(=O)c2O)CC1. The predicted octanol–water partition coefficient (Wildman–Crippen LogP) is 0.760. The maximum Gasteiger partial charge on any atom is 0.227 e. The van der Waals surface area contributed by atoms with Crippen molar-refractivity contribution in [1.82, 2.24) is 15.0 Å². The molecule has 0 bridgehead atoms. The monoisotopic (exact) mass is 349 g/mol. The van der Waals surface area contributed by atoms with Crippen LogP contribution in [0.4, 0.5) is 0 Å². The van der Waals surface area contributed by atoms with E-state index in [-0.39, 0.29) is 23.9 Å². The molecule has 0 aliphatic carbocycles. The highest BCUT2D eigenvalue weighted by Crippen LogP contribution is 2.19. The first-order valence-electron chi connectivity index (χ1n) is 8.30. The molecule has 2 N–H and O–H groups in total. The van der Waals surface area contributed by atoms with Gasteiger partial charge in [-0.15, -0.1) is 0 Å². The fourth-order valence-corrected chi connectivity index (χ4v) is 3.03. The lowest BCUT2D eigenvalue weighted by Gasteiger charge is -2.34. The molecule has 2 aromatic heterocycles. The Labute approximate surface area is 145 Å². The third-order valence-corrected chi connectivity index (χ3v) is 4.59. The summed E-state index contributed by atoms with van der Waals surface area (Å²) in [6, 6.07) is 1.11. The maximum atomic E-state index is 11.7. The molecule has 0 unspecified atom stereocenters. The van der Waals surface area contributed by atoms with Gasteiger partial charge < -0.3 is 19.2 Å². The number of nitrogens with zero attached hydrogens (tertiary/aromatic N) is 3. The average Bonchev–Trinajstić information content (AvgIpc) is 2.92. The second-order valence-electron chi connectivity index (χ2n) is 6.36. The zero-order chi connectivity index (χ0) is 18.0. The number of piperazine rings is 1. The Kier molecular flexibility index (Phi) is 5.22. The van der Waals surface area contributed by atoms with Gasteiger partial charge in [0.25, 0.3) is 0 Å². The number of aryl methyl sites for hydroxylation is 2.